The number of halogens is 1. The molecule has 9 heteroatoms. The zero-order chi connectivity index (χ0) is 15.9. The molecule has 1 aliphatic rings. The minimum Gasteiger partial charge on any atom is -0.291 e. The molecule has 0 saturated carbocycles. The molecule has 1 aromatic heterocycles. The Morgan fingerprint density at radius 2 is 2.05 bits per heavy atom. The first kappa shape index (κ1) is 14.7. The van der Waals surface area contributed by atoms with Crippen molar-refractivity contribution in [3.8, 4) is 0 Å². The van der Waals surface area contributed by atoms with Gasteiger partial charge in [-0.15, -0.1) is 0 Å². The van der Waals surface area contributed by atoms with Gasteiger partial charge in [-0.25, -0.2) is 23.2 Å². The quantitative estimate of drug-likeness (QED) is 0.846. The van der Waals surface area contributed by atoms with Gasteiger partial charge in [-0.3, -0.25) is 10.2 Å². The third kappa shape index (κ3) is 2.62. The molecule has 0 atom stereocenters. The van der Waals surface area contributed by atoms with Gasteiger partial charge in [0.25, 0.3) is 0 Å². The number of sulfone groups is 1. The van der Waals surface area contributed by atoms with Crippen LogP contribution in [0.5, 0.6) is 0 Å². The second kappa shape index (κ2) is 5.22. The molecule has 0 saturated heterocycles. The standard InChI is InChI=1S/C13H11ClN4O3S/c1-22(20,21)12-15-6-8-7-18(13(19)17-11(8)16-12)10-5-3-2-4-9(10)14/h2-6H,7H2,1H3,(H,15,16,17,19). The van der Waals surface area contributed by atoms with Gasteiger partial charge in [0.2, 0.25) is 15.0 Å². The molecule has 2 heterocycles. The van der Waals surface area contributed by atoms with Crippen LogP contribution in [0.1, 0.15) is 5.56 Å². The van der Waals surface area contributed by atoms with E-state index in [2.05, 4.69) is 15.3 Å². The van der Waals surface area contributed by atoms with E-state index in [0.717, 1.165) is 6.26 Å². The number of carbonyl (C=O) groups excluding carboxylic acids is 1. The Morgan fingerprint density at radius 1 is 1.32 bits per heavy atom. The van der Waals surface area contributed by atoms with Gasteiger partial charge in [-0.1, -0.05) is 23.7 Å². The maximum Gasteiger partial charge on any atom is 0.327 e. The van der Waals surface area contributed by atoms with Crippen LogP contribution in [0.25, 0.3) is 0 Å². The van der Waals surface area contributed by atoms with Gasteiger partial charge < -0.3 is 0 Å². The van der Waals surface area contributed by atoms with Gasteiger partial charge in [-0.05, 0) is 12.1 Å². The minimum atomic E-state index is -3.53. The van der Waals surface area contributed by atoms with Crippen LogP contribution in [0, 0.1) is 0 Å². The molecule has 7 nitrogen and oxygen atoms in total. The lowest BCUT2D eigenvalue weighted by Gasteiger charge is -2.29. The number of nitrogens with zero attached hydrogens (tertiary/aromatic N) is 3. The highest BCUT2D eigenvalue weighted by molar-refractivity contribution is 7.90. The number of hydrogen-bond acceptors (Lipinski definition) is 5. The Labute approximate surface area is 131 Å². The Morgan fingerprint density at radius 3 is 2.73 bits per heavy atom. The summed E-state index contributed by atoms with van der Waals surface area (Å²) in [5, 5.41) is 2.68. The molecule has 1 N–H and O–H groups in total. The Bertz CT molecular complexity index is 869. The fourth-order valence-corrected chi connectivity index (χ4v) is 2.81. The molecular formula is C13H11ClN4O3S. The molecule has 22 heavy (non-hydrogen) atoms. The van der Waals surface area contributed by atoms with Gasteiger partial charge in [-0.2, -0.15) is 0 Å². The highest BCUT2D eigenvalue weighted by atomic mass is 35.5. The van der Waals surface area contributed by atoms with E-state index in [-0.39, 0.29) is 17.5 Å². The third-order valence-electron chi connectivity index (χ3n) is 3.12. The predicted molar refractivity (Wildman–Crippen MR) is 81.8 cm³/mol. The number of para-hydroxylation sites is 1. The van der Waals surface area contributed by atoms with E-state index < -0.39 is 15.9 Å². The van der Waals surface area contributed by atoms with E-state index >= 15 is 0 Å². The van der Waals surface area contributed by atoms with E-state index in [0.29, 0.717) is 16.3 Å². The molecular weight excluding hydrogens is 328 g/mol. The van der Waals surface area contributed by atoms with E-state index in [4.69, 9.17) is 11.6 Å². The highest BCUT2D eigenvalue weighted by Gasteiger charge is 2.27. The summed E-state index contributed by atoms with van der Waals surface area (Å²) in [4.78, 5) is 21.4. The first-order valence-corrected chi connectivity index (χ1v) is 8.52. The van der Waals surface area contributed by atoms with Crippen molar-refractivity contribution in [2.75, 3.05) is 16.5 Å². The first-order chi connectivity index (χ1) is 10.4. The van der Waals surface area contributed by atoms with Crippen molar-refractivity contribution in [3.63, 3.8) is 0 Å². The predicted octanol–water partition coefficient (Wildman–Crippen LogP) is 2.09. The molecule has 0 fully saturated rings. The van der Waals surface area contributed by atoms with Crippen LogP contribution in [-0.4, -0.2) is 30.7 Å². The number of hydrogen-bond donors (Lipinski definition) is 1. The monoisotopic (exact) mass is 338 g/mol. The summed E-state index contributed by atoms with van der Waals surface area (Å²) in [5.41, 5.74) is 1.16. The van der Waals surface area contributed by atoms with Crippen LogP contribution in [0.2, 0.25) is 5.02 Å². The van der Waals surface area contributed by atoms with Crippen molar-refractivity contribution in [1.82, 2.24) is 9.97 Å². The van der Waals surface area contributed by atoms with Gasteiger partial charge in [0.05, 0.1) is 17.3 Å². The number of carbonyl (C=O) groups is 1. The second-order valence-electron chi connectivity index (χ2n) is 4.77. The minimum absolute atomic E-state index is 0.198. The van der Waals surface area contributed by atoms with E-state index in [1.165, 1.54) is 11.1 Å². The summed E-state index contributed by atoms with van der Waals surface area (Å²) >= 11 is 6.10. The number of benzene rings is 1. The molecule has 0 spiro atoms. The van der Waals surface area contributed by atoms with Crippen molar-refractivity contribution >= 4 is 39.0 Å². The van der Waals surface area contributed by atoms with Crippen molar-refractivity contribution in [2.45, 2.75) is 11.7 Å². The zero-order valence-corrected chi connectivity index (χ0v) is 13.0. The number of fused-ring (bicyclic) bond motifs is 1. The Kier molecular flexibility index (Phi) is 3.50. The largest absolute Gasteiger partial charge is 0.327 e. The molecule has 0 bridgehead atoms. The van der Waals surface area contributed by atoms with Crippen LogP contribution >= 0.6 is 11.6 Å². The van der Waals surface area contributed by atoms with Crippen LogP contribution in [0.4, 0.5) is 16.3 Å². The lowest BCUT2D eigenvalue weighted by molar-refractivity contribution is 0.256. The maximum atomic E-state index is 12.2. The van der Waals surface area contributed by atoms with Crippen molar-refractivity contribution in [3.05, 3.63) is 41.0 Å². The van der Waals surface area contributed by atoms with Crippen LogP contribution in [-0.2, 0) is 16.4 Å². The van der Waals surface area contributed by atoms with Gasteiger partial charge in [0, 0.05) is 18.0 Å². The van der Waals surface area contributed by atoms with Crippen molar-refractivity contribution in [1.29, 1.82) is 0 Å². The number of nitrogens with one attached hydrogen (secondary N) is 1. The normalized spacial score (nSPS) is 14.5. The third-order valence-corrected chi connectivity index (χ3v) is 4.30. The number of rotatable bonds is 2. The summed E-state index contributed by atoms with van der Waals surface area (Å²) in [5.74, 6) is 0.198. The molecule has 1 aliphatic heterocycles. The fourth-order valence-electron chi connectivity index (χ4n) is 2.07. The average Bonchev–Trinajstić information content (AvgIpc) is 2.46. The van der Waals surface area contributed by atoms with Crippen LogP contribution < -0.4 is 10.2 Å². The number of amides is 2. The smallest absolute Gasteiger partial charge is 0.291 e. The fraction of sp³-hybridized carbons (Fsp3) is 0.154. The molecule has 3 rings (SSSR count). The van der Waals surface area contributed by atoms with Crippen LogP contribution in [0.3, 0.4) is 0 Å². The molecule has 0 unspecified atom stereocenters. The maximum absolute atomic E-state index is 12.2. The SMILES string of the molecule is CS(=O)(=O)c1ncc2c(n1)NC(=O)N(c1ccccc1Cl)C2. The summed E-state index contributed by atoms with van der Waals surface area (Å²) in [6, 6.07) is 6.51. The van der Waals surface area contributed by atoms with Crippen molar-refractivity contribution in [2.24, 2.45) is 0 Å². The molecule has 0 aliphatic carbocycles. The van der Waals surface area contributed by atoms with Gasteiger partial charge >= 0.3 is 6.03 Å². The molecule has 114 valence electrons. The van der Waals surface area contributed by atoms with Crippen LogP contribution in [0.15, 0.2) is 35.6 Å². The Balaban J connectivity index is 2.01. The van der Waals surface area contributed by atoms with E-state index in [9.17, 15) is 13.2 Å². The summed E-state index contributed by atoms with van der Waals surface area (Å²) in [6.07, 6.45) is 2.40. The number of urea groups is 1. The van der Waals surface area contributed by atoms with E-state index in [1.54, 1.807) is 24.3 Å². The molecule has 0 radical (unpaired) electrons. The molecule has 2 amide bonds. The topological polar surface area (TPSA) is 92.3 Å². The Hall–Kier alpha value is -2.19. The first-order valence-electron chi connectivity index (χ1n) is 6.25. The summed E-state index contributed by atoms with van der Waals surface area (Å²) in [7, 11) is -3.53. The second-order valence-corrected chi connectivity index (χ2v) is 7.08. The van der Waals surface area contributed by atoms with Gasteiger partial charge in [0.15, 0.2) is 0 Å². The molecule has 2 aromatic rings. The lowest BCUT2D eigenvalue weighted by Crippen LogP contribution is -2.39. The number of aromatic nitrogens is 2. The van der Waals surface area contributed by atoms with Crippen molar-refractivity contribution < 1.29 is 13.2 Å². The molecule has 1 aromatic carbocycles. The average molecular weight is 339 g/mol. The zero-order valence-electron chi connectivity index (χ0n) is 11.4. The lowest BCUT2D eigenvalue weighted by atomic mass is 10.2. The van der Waals surface area contributed by atoms with E-state index in [1.807, 2.05) is 0 Å². The highest BCUT2D eigenvalue weighted by Crippen LogP contribution is 2.31. The summed E-state index contributed by atoms with van der Waals surface area (Å²) in [6.45, 7) is 0.203. The summed E-state index contributed by atoms with van der Waals surface area (Å²) < 4.78 is 22.9. The van der Waals surface area contributed by atoms with Gasteiger partial charge in [0.1, 0.15) is 5.82 Å². The number of anilines is 2.